The number of benzene rings is 1. The maximum absolute atomic E-state index is 12.3. The maximum Gasteiger partial charge on any atom is 0.245 e. The predicted molar refractivity (Wildman–Crippen MR) is 78.7 cm³/mol. The molecule has 0 saturated carbocycles. The molecule has 0 spiro atoms. The molecule has 112 valence electrons. The zero-order chi connectivity index (χ0) is 16.1. The lowest BCUT2D eigenvalue weighted by Gasteiger charge is -2.12. The van der Waals surface area contributed by atoms with Crippen molar-refractivity contribution in [3.63, 3.8) is 0 Å². The minimum absolute atomic E-state index is 0.134. The van der Waals surface area contributed by atoms with Crippen molar-refractivity contribution in [3.8, 4) is 17.4 Å². The number of ketones is 1. The summed E-state index contributed by atoms with van der Waals surface area (Å²) < 4.78 is 5.16. The van der Waals surface area contributed by atoms with E-state index in [1.54, 1.807) is 50.4 Å². The van der Waals surface area contributed by atoms with Gasteiger partial charge >= 0.3 is 0 Å². The molecule has 1 N–H and O–H groups in total. The summed E-state index contributed by atoms with van der Waals surface area (Å²) in [6.07, 6.45) is 2.88. The highest BCUT2D eigenvalue weighted by atomic mass is 16.3. The monoisotopic (exact) mass is 297 g/mol. The number of Topliss-reactive ketones (excluding diaryl/α,β-unsaturated/α-hetero) is 1. The van der Waals surface area contributed by atoms with Gasteiger partial charge in [-0.15, -0.1) is 0 Å². The minimum atomic E-state index is -1.35. The Balaban J connectivity index is 2.18. The van der Waals surface area contributed by atoms with Crippen molar-refractivity contribution in [1.29, 1.82) is 5.26 Å². The van der Waals surface area contributed by atoms with E-state index in [0.29, 0.717) is 11.3 Å². The van der Waals surface area contributed by atoms with Crippen LogP contribution in [-0.2, 0) is 4.79 Å². The summed E-state index contributed by atoms with van der Waals surface area (Å²) in [5.41, 5.74) is 1.06. The van der Waals surface area contributed by atoms with Crippen molar-refractivity contribution >= 4 is 11.7 Å². The minimum Gasteiger partial charge on any atom is -0.444 e. The molecular formula is C16H15N3O3. The van der Waals surface area contributed by atoms with Gasteiger partial charge in [0.15, 0.2) is 23.9 Å². The number of hydrogen-bond donors (Lipinski definition) is 1. The Morgan fingerprint density at radius 1 is 1.27 bits per heavy atom. The summed E-state index contributed by atoms with van der Waals surface area (Å²) in [5.74, 6) is -1.88. The molecule has 2 aromatic rings. The molecule has 6 heteroatoms. The van der Waals surface area contributed by atoms with Crippen LogP contribution in [0.2, 0.25) is 0 Å². The molecule has 0 fully saturated rings. The average Bonchev–Trinajstić information content (AvgIpc) is 3.01. The number of aromatic nitrogens is 1. The number of carbonyl (C=O) groups excluding carboxylic acids is 2. The van der Waals surface area contributed by atoms with E-state index in [4.69, 9.17) is 9.68 Å². The van der Waals surface area contributed by atoms with Gasteiger partial charge in [-0.25, -0.2) is 4.98 Å². The number of nitrogens with zero attached hydrogens (tertiary/aromatic N) is 2. The van der Waals surface area contributed by atoms with Gasteiger partial charge in [0.2, 0.25) is 5.91 Å². The Morgan fingerprint density at radius 2 is 1.95 bits per heavy atom. The Bertz CT molecular complexity index is 697. The summed E-state index contributed by atoms with van der Waals surface area (Å²) >= 11 is 0. The van der Waals surface area contributed by atoms with Crippen LogP contribution in [0.5, 0.6) is 0 Å². The molecule has 6 nitrogen and oxygen atoms in total. The molecular weight excluding hydrogens is 282 g/mol. The van der Waals surface area contributed by atoms with E-state index >= 15 is 0 Å². The summed E-state index contributed by atoms with van der Waals surface area (Å²) in [4.78, 5) is 28.0. The second kappa shape index (κ2) is 6.68. The van der Waals surface area contributed by atoms with Crippen molar-refractivity contribution in [2.75, 3.05) is 0 Å². The van der Waals surface area contributed by atoms with Gasteiger partial charge in [0.25, 0.3) is 0 Å². The van der Waals surface area contributed by atoms with E-state index in [1.807, 2.05) is 0 Å². The third-order valence-corrected chi connectivity index (χ3v) is 2.97. The van der Waals surface area contributed by atoms with Gasteiger partial charge < -0.3 is 9.73 Å². The fraction of sp³-hybridized carbons (Fsp3) is 0.250. The second-order valence-electron chi connectivity index (χ2n) is 5.03. The van der Waals surface area contributed by atoms with E-state index in [1.165, 1.54) is 6.39 Å². The fourth-order valence-electron chi connectivity index (χ4n) is 1.93. The number of oxazole rings is 1. The standard InChI is InChI=1S/C16H15N3O3/c1-10(2)19-16(21)13(7-17)15(20)12-5-3-11(4-6-12)14-8-18-9-22-14/h3-6,8-10,13H,1-2H3,(H,19,21). The van der Waals surface area contributed by atoms with Crippen molar-refractivity contribution in [3.05, 3.63) is 42.4 Å². The third kappa shape index (κ3) is 3.38. The van der Waals surface area contributed by atoms with Crippen LogP contribution in [0.1, 0.15) is 24.2 Å². The molecule has 0 saturated heterocycles. The number of amides is 1. The van der Waals surface area contributed by atoms with Crippen molar-refractivity contribution in [2.45, 2.75) is 19.9 Å². The van der Waals surface area contributed by atoms with Crippen molar-refractivity contribution in [1.82, 2.24) is 10.3 Å². The van der Waals surface area contributed by atoms with Gasteiger partial charge in [-0.3, -0.25) is 9.59 Å². The molecule has 0 radical (unpaired) electrons. The highest BCUT2D eigenvalue weighted by Crippen LogP contribution is 2.20. The number of rotatable bonds is 5. The van der Waals surface area contributed by atoms with Crippen LogP contribution in [0, 0.1) is 17.2 Å². The van der Waals surface area contributed by atoms with Crippen LogP contribution in [0.4, 0.5) is 0 Å². The SMILES string of the molecule is CC(C)NC(=O)C(C#N)C(=O)c1ccc(-c2cnco2)cc1. The summed E-state index contributed by atoms with van der Waals surface area (Å²) in [6.45, 7) is 3.53. The normalized spacial score (nSPS) is 11.7. The van der Waals surface area contributed by atoms with Crippen LogP contribution in [-0.4, -0.2) is 22.7 Å². The first-order valence-corrected chi connectivity index (χ1v) is 6.76. The lowest BCUT2D eigenvalue weighted by Crippen LogP contribution is -2.38. The molecule has 1 unspecified atom stereocenters. The van der Waals surface area contributed by atoms with Gasteiger partial charge in [-0.1, -0.05) is 24.3 Å². The molecule has 1 heterocycles. The molecule has 1 aromatic heterocycles. The molecule has 0 aliphatic rings. The maximum atomic E-state index is 12.3. The quantitative estimate of drug-likeness (QED) is 0.674. The molecule has 2 rings (SSSR count). The highest BCUT2D eigenvalue weighted by molar-refractivity contribution is 6.12. The molecule has 0 aliphatic carbocycles. The lowest BCUT2D eigenvalue weighted by molar-refractivity contribution is -0.122. The number of carbonyl (C=O) groups is 2. The van der Waals surface area contributed by atoms with E-state index in [-0.39, 0.29) is 6.04 Å². The van der Waals surface area contributed by atoms with Gasteiger partial charge in [-0.05, 0) is 13.8 Å². The van der Waals surface area contributed by atoms with E-state index in [2.05, 4.69) is 10.3 Å². The van der Waals surface area contributed by atoms with Crippen LogP contribution in [0.25, 0.3) is 11.3 Å². The predicted octanol–water partition coefficient (Wildman–Crippen LogP) is 2.19. The number of nitrogens with one attached hydrogen (secondary N) is 1. The summed E-state index contributed by atoms with van der Waals surface area (Å²) in [7, 11) is 0. The van der Waals surface area contributed by atoms with Gasteiger partial charge in [-0.2, -0.15) is 5.26 Å². The molecule has 1 aromatic carbocycles. The van der Waals surface area contributed by atoms with Crippen LogP contribution in [0.15, 0.2) is 41.3 Å². The van der Waals surface area contributed by atoms with Gasteiger partial charge in [0, 0.05) is 17.2 Å². The van der Waals surface area contributed by atoms with E-state index in [0.717, 1.165) is 5.56 Å². The lowest BCUT2D eigenvalue weighted by atomic mass is 9.96. The largest absolute Gasteiger partial charge is 0.444 e. The molecule has 0 aliphatic heterocycles. The first-order valence-electron chi connectivity index (χ1n) is 6.76. The first-order chi connectivity index (χ1) is 10.5. The third-order valence-electron chi connectivity index (χ3n) is 2.97. The molecule has 22 heavy (non-hydrogen) atoms. The van der Waals surface area contributed by atoms with Crippen LogP contribution < -0.4 is 5.32 Å². The molecule has 0 bridgehead atoms. The number of nitriles is 1. The Labute approximate surface area is 127 Å². The van der Waals surface area contributed by atoms with Gasteiger partial charge in [0.05, 0.1) is 12.3 Å². The molecule has 1 atom stereocenters. The van der Waals surface area contributed by atoms with Gasteiger partial charge in [0.1, 0.15) is 0 Å². The van der Waals surface area contributed by atoms with E-state index < -0.39 is 17.6 Å². The van der Waals surface area contributed by atoms with Crippen LogP contribution >= 0.6 is 0 Å². The zero-order valence-electron chi connectivity index (χ0n) is 12.2. The zero-order valence-corrected chi connectivity index (χ0v) is 12.2. The Hall–Kier alpha value is -2.94. The first kappa shape index (κ1) is 15.4. The fourth-order valence-corrected chi connectivity index (χ4v) is 1.93. The average molecular weight is 297 g/mol. The molecule has 1 amide bonds. The number of hydrogen-bond acceptors (Lipinski definition) is 5. The van der Waals surface area contributed by atoms with Crippen molar-refractivity contribution < 1.29 is 14.0 Å². The Morgan fingerprint density at radius 3 is 2.45 bits per heavy atom. The van der Waals surface area contributed by atoms with Crippen molar-refractivity contribution in [2.24, 2.45) is 5.92 Å². The topological polar surface area (TPSA) is 96.0 Å². The summed E-state index contributed by atoms with van der Waals surface area (Å²) in [6, 6.07) is 8.11. The summed E-state index contributed by atoms with van der Waals surface area (Å²) in [5, 5.41) is 11.7. The van der Waals surface area contributed by atoms with Crippen LogP contribution in [0.3, 0.4) is 0 Å². The highest BCUT2D eigenvalue weighted by Gasteiger charge is 2.27. The smallest absolute Gasteiger partial charge is 0.245 e. The van der Waals surface area contributed by atoms with E-state index in [9.17, 15) is 9.59 Å². The second-order valence-corrected chi connectivity index (χ2v) is 5.03. The Kier molecular flexibility index (Phi) is 4.69.